The normalized spacial score (nSPS) is 10.1. The molecule has 2 nitrogen and oxygen atoms in total. The molecule has 0 radical (unpaired) electrons. The molecule has 0 aromatic heterocycles. The highest BCUT2D eigenvalue weighted by molar-refractivity contribution is 9.10. The lowest BCUT2D eigenvalue weighted by Crippen LogP contribution is -1.84. The molecule has 4 heteroatoms. The van der Waals surface area contributed by atoms with E-state index in [1.807, 2.05) is 0 Å². The molecule has 0 aliphatic carbocycles. The van der Waals surface area contributed by atoms with Crippen molar-refractivity contribution >= 4 is 27.5 Å². The van der Waals surface area contributed by atoms with Crippen molar-refractivity contribution in [1.82, 2.24) is 0 Å². The average molecular weight is 300 g/mol. The van der Waals surface area contributed by atoms with Gasteiger partial charge in [-0.3, -0.25) is 0 Å². The van der Waals surface area contributed by atoms with Gasteiger partial charge in [0.1, 0.15) is 5.75 Å². The zero-order chi connectivity index (χ0) is 11.5. The van der Waals surface area contributed by atoms with Gasteiger partial charge in [0.05, 0.1) is 0 Å². The molecule has 0 fully saturated rings. The molecule has 0 amide bonds. The van der Waals surface area contributed by atoms with Gasteiger partial charge < -0.3 is 9.84 Å². The number of phenols is 1. The minimum Gasteiger partial charge on any atom is -0.504 e. The fourth-order valence-electron chi connectivity index (χ4n) is 1.21. The molecule has 2 aromatic rings. The van der Waals surface area contributed by atoms with E-state index in [2.05, 4.69) is 15.9 Å². The van der Waals surface area contributed by atoms with E-state index >= 15 is 0 Å². The minimum absolute atomic E-state index is 0.0873. The Morgan fingerprint density at radius 3 is 2.38 bits per heavy atom. The second-order valence-electron chi connectivity index (χ2n) is 3.17. The Morgan fingerprint density at radius 2 is 1.75 bits per heavy atom. The van der Waals surface area contributed by atoms with E-state index in [1.54, 1.807) is 42.5 Å². The van der Waals surface area contributed by atoms with E-state index in [4.69, 9.17) is 16.3 Å². The Balaban J connectivity index is 2.23. The first kappa shape index (κ1) is 11.3. The van der Waals surface area contributed by atoms with E-state index in [-0.39, 0.29) is 5.75 Å². The third kappa shape index (κ3) is 2.68. The van der Waals surface area contributed by atoms with E-state index in [1.165, 1.54) is 0 Å². The minimum atomic E-state index is 0.0873. The van der Waals surface area contributed by atoms with Crippen molar-refractivity contribution in [3.05, 3.63) is 52.0 Å². The van der Waals surface area contributed by atoms with Gasteiger partial charge in [-0.1, -0.05) is 27.5 Å². The van der Waals surface area contributed by atoms with Crippen molar-refractivity contribution in [3.63, 3.8) is 0 Å². The highest BCUT2D eigenvalue weighted by atomic mass is 79.9. The van der Waals surface area contributed by atoms with Crippen LogP contribution in [0.1, 0.15) is 0 Å². The summed E-state index contributed by atoms with van der Waals surface area (Å²) in [6.45, 7) is 0. The summed E-state index contributed by atoms with van der Waals surface area (Å²) in [6, 6.07) is 12.0. The molecule has 0 aliphatic heterocycles. The Bertz CT molecular complexity index is 497. The van der Waals surface area contributed by atoms with Crippen LogP contribution >= 0.6 is 27.5 Å². The molecule has 0 spiro atoms. The zero-order valence-electron chi connectivity index (χ0n) is 8.15. The molecular formula is C12H8BrClO2. The molecule has 2 rings (SSSR count). The Kier molecular flexibility index (Phi) is 3.36. The molecule has 82 valence electrons. The van der Waals surface area contributed by atoms with Crippen LogP contribution in [0.5, 0.6) is 17.2 Å². The smallest absolute Gasteiger partial charge is 0.169 e. The van der Waals surface area contributed by atoms with Gasteiger partial charge in [0.2, 0.25) is 0 Å². The molecule has 0 aliphatic rings. The molecule has 0 saturated carbocycles. The summed E-state index contributed by atoms with van der Waals surface area (Å²) >= 11 is 9.01. The van der Waals surface area contributed by atoms with Gasteiger partial charge in [-0.2, -0.15) is 0 Å². The van der Waals surface area contributed by atoms with Gasteiger partial charge in [0, 0.05) is 9.50 Å². The standard InChI is InChI=1S/C12H8BrClO2/c13-8-1-6-12(11(15)7-8)16-10-4-2-9(14)3-5-10/h1-7,15H. The maximum absolute atomic E-state index is 9.63. The Labute approximate surface area is 107 Å². The average Bonchev–Trinajstić information content (AvgIpc) is 2.25. The van der Waals surface area contributed by atoms with Gasteiger partial charge in [-0.25, -0.2) is 0 Å². The summed E-state index contributed by atoms with van der Waals surface area (Å²) < 4.78 is 6.29. The first-order chi connectivity index (χ1) is 7.65. The van der Waals surface area contributed by atoms with E-state index in [0.717, 1.165) is 4.47 Å². The topological polar surface area (TPSA) is 29.5 Å². The summed E-state index contributed by atoms with van der Waals surface area (Å²) in [5.41, 5.74) is 0. The fourth-order valence-corrected chi connectivity index (χ4v) is 1.68. The summed E-state index contributed by atoms with van der Waals surface area (Å²) in [6.07, 6.45) is 0. The van der Waals surface area contributed by atoms with Crippen molar-refractivity contribution in [2.75, 3.05) is 0 Å². The second-order valence-corrected chi connectivity index (χ2v) is 4.52. The maximum atomic E-state index is 9.63. The van der Waals surface area contributed by atoms with Crippen molar-refractivity contribution < 1.29 is 9.84 Å². The highest BCUT2D eigenvalue weighted by Gasteiger charge is 2.04. The number of hydrogen-bond donors (Lipinski definition) is 1. The summed E-state index contributed by atoms with van der Waals surface area (Å²) in [4.78, 5) is 0. The van der Waals surface area contributed by atoms with Crippen LogP contribution in [0.4, 0.5) is 0 Å². The number of ether oxygens (including phenoxy) is 1. The van der Waals surface area contributed by atoms with Crippen LogP contribution in [0.3, 0.4) is 0 Å². The van der Waals surface area contributed by atoms with Crippen molar-refractivity contribution in [2.45, 2.75) is 0 Å². The van der Waals surface area contributed by atoms with Gasteiger partial charge in [0.25, 0.3) is 0 Å². The van der Waals surface area contributed by atoms with E-state index < -0.39 is 0 Å². The number of halogens is 2. The molecule has 0 unspecified atom stereocenters. The molecule has 16 heavy (non-hydrogen) atoms. The predicted octanol–water partition coefficient (Wildman–Crippen LogP) is 4.60. The van der Waals surface area contributed by atoms with Crippen LogP contribution in [0.25, 0.3) is 0 Å². The van der Waals surface area contributed by atoms with Crippen LogP contribution in [0, 0.1) is 0 Å². The van der Waals surface area contributed by atoms with E-state index in [0.29, 0.717) is 16.5 Å². The van der Waals surface area contributed by atoms with Gasteiger partial charge in [-0.05, 0) is 42.5 Å². The monoisotopic (exact) mass is 298 g/mol. The molecular weight excluding hydrogens is 291 g/mol. The quantitative estimate of drug-likeness (QED) is 0.878. The number of aromatic hydroxyl groups is 1. The van der Waals surface area contributed by atoms with Crippen molar-refractivity contribution in [3.8, 4) is 17.2 Å². The number of phenolic OH excluding ortho intramolecular Hbond substituents is 1. The first-order valence-corrected chi connectivity index (χ1v) is 5.74. The third-order valence-electron chi connectivity index (χ3n) is 1.96. The largest absolute Gasteiger partial charge is 0.504 e. The summed E-state index contributed by atoms with van der Waals surface area (Å²) in [7, 11) is 0. The number of benzene rings is 2. The molecule has 2 aromatic carbocycles. The first-order valence-electron chi connectivity index (χ1n) is 4.57. The molecule has 1 N–H and O–H groups in total. The number of rotatable bonds is 2. The predicted molar refractivity (Wildman–Crippen MR) is 67.3 cm³/mol. The third-order valence-corrected chi connectivity index (χ3v) is 2.71. The van der Waals surface area contributed by atoms with Gasteiger partial charge in [0.15, 0.2) is 11.5 Å². The lowest BCUT2D eigenvalue weighted by molar-refractivity contribution is 0.411. The van der Waals surface area contributed by atoms with Crippen molar-refractivity contribution in [2.24, 2.45) is 0 Å². The van der Waals surface area contributed by atoms with Crippen LogP contribution in [0.2, 0.25) is 5.02 Å². The summed E-state index contributed by atoms with van der Waals surface area (Å²) in [5, 5.41) is 10.3. The fraction of sp³-hybridized carbons (Fsp3) is 0. The van der Waals surface area contributed by atoms with Crippen LogP contribution in [-0.2, 0) is 0 Å². The van der Waals surface area contributed by atoms with Gasteiger partial charge in [-0.15, -0.1) is 0 Å². The molecule has 0 saturated heterocycles. The van der Waals surface area contributed by atoms with Crippen molar-refractivity contribution in [1.29, 1.82) is 0 Å². The SMILES string of the molecule is Oc1cc(Br)ccc1Oc1ccc(Cl)cc1. The lowest BCUT2D eigenvalue weighted by atomic mass is 10.3. The molecule has 0 heterocycles. The Hall–Kier alpha value is -1.19. The lowest BCUT2D eigenvalue weighted by Gasteiger charge is -2.07. The second kappa shape index (κ2) is 4.76. The highest BCUT2D eigenvalue weighted by Crippen LogP contribution is 2.33. The van der Waals surface area contributed by atoms with E-state index in [9.17, 15) is 5.11 Å². The number of hydrogen-bond acceptors (Lipinski definition) is 2. The maximum Gasteiger partial charge on any atom is 0.169 e. The molecule has 0 atom stereocenters. The Morgan fingerprint density at radius 1 is 1.06 bits per heavy atom. The van der Waals surface area contributed by atoms with Crippen LogP contribution < -0.4 is 4.74 Å². The summed E-state index contributed by atoms with van der Waals surface area (Å²) in [5.74, 6) is 1.12. The molecule has 0 bridgehead atoms. The zero-order valence-corrected chi connectivity index (χ0v) is 10.5. The van der Waals surface area contributed by atoms with Crippen LogP contribution in [0.15, 0.2) is 46.9 Å². The van der Waals surface area contributed by atoms with Gasteiger partial charge >= 0.3 is 0 Å². The van der Waals surface area contributed by atoms with Crippen LogP contribution in [-0.4, -0.2) is 5.11 Å².